The summed E-state index contributed by atoms with van der Waals surface area (Å²) in [5.74, 6) is 0. The predicted octanol–water partition coefficient (Wildman–Crippen LogP) is 2.55. The number of aromatic nitrogens is 1. The maximum atomic E-state index is 12.5. The van der Waals surface area contributed by atoms with Gasteiger partial charge in [-0.05, 0) is 49.1 Å². The van der Waals surface area contributed by atoms with Gasteiger partial charge in [-0.25, -0.2) is 8.42 Å². The van der Waals surface area contributed by atoms with Crippen LogP contribution < -0.4 is 10.0 Å². The van der Waals surface area contributed by atoms with Crippen molar-refractivity contribution < 1.29 is 8.42 Å². The Morgan fingerprint density at radius 2 is 2.14 bits per heavy atom. The second-order valence-electron chi connectivity index (χ2n) is 5.15. The zero-order chi connectivity index (χ0) is 14.9. The summed E-state index contributed by atoms with van der Waals surface area (Å²) < 4.78 is 27.5. The van der Waals surface area contributed by atoms with E-state index in [0.29, 0.717) is 5.69 Å². The molecule has 0 atom stereocenters. The highest BCUT2D eigenvalue weighted by atomic mass is 32.2. The van der Waals surface area contributed by atoms with E-state index in [1.54, 1.807) is 24.4 Å². The van der Waals surface area contributed by atoms with Crippen LogP contribution in [0.25, 0.3) is 0 Å². The molecule has 2 aromatic rings. The van der Waals surface area contributed by atoms with E-state index < -0.39 is 10.0 Å². The zero-order valence-electron chi connectivity index (χ0n) is 11.8. The molecule has 0 aliphatic carbocycles. The Bertz CT molecular complexity index is 772. The second-order valence-corrected chi connectivity index (χ2v) is 6.83. The average Bonchev–Trinajstić information content (AvgIpc) is 2.49. The number of aryl methyl sites for hydroxylation is 2. The Balaban J connectivity index is 1.93. The molecule has 0 spiro atoms. The monoisotopic (exact) mass is 303 g/mol. The van der Waals surface area contributed by atoms with Crippen LogP contribution in [0.2, 0.25) is 0 Å². The minimum absolute atomic E-state index is 0.263. The van der Waals surface area contributed by atoms with Crippen LogP contribution in [-0.4, -0.2) is 19.9 Å². The number of hydrogen-bond acceptors (Lipinski definition) is 4. The van der Waals surface area contributed by atoms with Gasteiger partial charge in [-0.2, -0.15) is 0 Å². The van der Waals surface area contributed by atoms with E-state index in [0.717, 1.165) is 36.2 Å². The third-order valence-corrected chi connectivity index (χ3v) is 4.98. The third kappa shape index (κ3) is 2.85. The molecule has 0 bridgehead atoms. The van der Waals surface area contributed by atoms with Gasteiger partial charge < -0.3 is 5.32 Å². The summed E-state index contributed by atoms with van der Waals surface area (Å²) in [5.41, 5.74) is 3.41. The highest BCUT2D eigenvalue weighted by molar-refractivity contribution is 7.92. The number of benzene rings is 1. The van der Waals surface area contributed by atoms with Crippen molar-refractivity contribution in [3.8, 4) is 0 Å². The van der Waals surface area contributed by atoms with Crippen molar-refractivity contribution in [3.63, 3.8) is 0 Å². The topological polar surface area (TPSA) is 71.1 Å². The van der Waals surface area contributed by atoms with E-state index in [9.17, 15) is 8.42 Å². The van der Waals surface area contributed by atoms with Crippen molar-refractivity contribution in [2.24, 2.45) is 0 Å². The lowest BCUT2D eigenvalue weighted by molar-refractivity contribution is 0.601. The van der Waals surface area contributed by atoms with Crippen molar-refractivity contribution in [2.75, 3.05) is 16.6 Å². The fourth-order valence-corrected chi connectivity index (χ4v) is 3.52. The van der Waals surface area contributed by atoms with Crippen molar-refractivity contribution in [1.82, 2.24) is 4.98 Å². The molecule has 0 radical (unpaired) electrons. The van der Waals surface area contributed by atoms with Crippen LogP contribution in [0.1, 0.15) is 17.5 Å². The fraction of sp³-hybridized carbons (Fsp3) is 0.267. The van der Waals surface area contributed by atoms with Crippen LogP contribution >= 0.6 is 0 Å². The maximum Gasteiger partial charge on any atom is 0.262 e. The Kier molecular flexibility index (Phi) is 3.55. The van der Waals surface area contributed by atoms with Gasteiger partial charge in [0.05, 0.1) is 16.8 Å². The minimum atomic E-state index is -3.60. The van der Waals surface area contributed by atoms with E-state index >= 15 is 0 Å². The van der Waals surface area contributed by atoms with Gasteiger partial charge in [0.15, 0.2) is 0 Å². The minimum Gasteiger partial charge on any atom is -0.385 e. The van der Waals surface area contributed by atoms with Crippen LogP contribution in [0.3, 0.4) is 0 Å². The second kappa shape index (κ2) is 5.37. The SMILES string of the molecule is Cc1ccncc1NS(=O)(=O)c1ccc2c(c1)NCCC2. The lowest BCUT2D eigenvalue weighted by atomic mass is 10.0. The number of anilines is 2. The molecular formula is C15H17N3O2S. The van der Waals surface area contributed by atoms with Gasteiger partial charge in [0.1, 0.15) is 0 Å². The largest absolute Gasteiger partial charge is 0.385 e. The summed E-state index contributed by atoms with van der Waals surface area (Å²) >= 11 is 0. The van der Waals surface area contributed by atoms with E-state index in [1.165, 1.54) is 6.20 Å². The molecule has 0 saturated carbocycles. The first-order valence-corrected chi connectivity index (χ1v) is 8.35. The molecule has 2 heterocycles. The van der Waals surface area contributed by atoms with Gasteiger partial charge in [-0.15, -0.1) is 0 Å². The molecule has 0 saturated heterocycles. The highest BCUT2D eigenvalue weighted by Gasteiger charge is 2.18. The number of rotatable bonds is 3. The normalized spacial score (nSPS) is 14.1. The predicted molar refractivity (Wildman–Crippen MR) is 83.0 cm³/mol. The molecule has 6 heteroatoms. The quantitative estimate of drug-likeness (QED) is 0.914. The molecule has 1 aliphatic heterocycles. The molecule has 0 fully saturated rings. The number of hydrogen-bond donors (Lipinski definition) is 2. The molecule has 21 heavy (non-hydrogen) atoms. The maximum absolute atomic E-state index is 12.5. The summed E-state index contributed by atoms with van der Waals surface area (Å²) in [4.78, 5) is 4.22. The first-order valence-electron chi connectivity index (χ1n) is 6.86. The van der Waals surface area contributed by atoms with Crippen molar-refractivity contribution in [2.45, 2.75) is 24.7 Å². The lowest BCUT2D eigenvalue weighted by Gasteiger charge is -2.19. The summed E-state index contributed by atoms with van der Waals surface area (Å²) in [6, 6.07) is 7.00. The van der Waals surface area contributed by atoms with Crippen LogP contribution in [0, 0.1) is 6.92 Å². The van der Waals surface area contributed by atoms with E-state index in [-0.39, 0.29) is 4.90 Å². The van der Waals surface area contributed by atoms with E-state index in [1.807, 2.05) is 13.0 Å². The Morgan fingerprint density at radius 1 is 1.29 bits per heavy atom. The zero-order valence-corrected chi connectivity index (χ0v) is 12.6. The Hall–Kier alpha value is -2.08. The molecule has 1 aromatic carbocycles. The van der Waals surface area contributed by atoms with Crippen molar-refractivity contribution >= 4 is 21.4 Å². The van der Waals surface area contributed by atoms with Crippen molar-refractivity contribution in [3.05, 3.63) is 47.8 Å². The summed E-state index contributed by atoms with van der Waals surface area (Å²) in [6.07, 6.45) is 5.21. The van der Waals surface area contributed by atoms with Crippen molar-refractivity contribution in [1.29, 1.82) is 0 Å². The average molecular weight is 303 g/mol. The molecule has 0 amide bonds. The molecule has 2 N–H and O–H groups in total. The van der Waals surface area contributed by atoms with Crippen LogP contribution in [-0.2, 0) is 16.4 Å². The van der Waals surface area contributed by atoms with Gasteiger partial charge in [-0.3, -0.25) is 9.71 Å². The van der Waals surface area contributed by atoms with Crippen LogP contribution in [0.15, 0.2) is 41.6 Å². The number of pyridine rings is 1. The number of fused-ring (bicyclic) bond motifs is 1. The molecule has 1 aromatic heterocycles. The summed E-state index contributed by atoms with van der Waals surface area (Å²) in [7, 11) is -3.60. The molecular weight excluding hydrogens is 286 g/mol. The van der Waals surface area contributed by atoms with Crippen LogP contribution in [0.5, 0.6) is 0 Å². The summed E-state index contributed by atoms with van der Waals surface area (Å²) in [5, 5.41) is 3.25. The lowest BCUT2D eigenvalue weighted by Crippen LogP contribution is -2.16. The number of nitrogens with one attached hydrogen (secondary N) is 2. The van der Waals surface area contributed by atoms with Crippen LogP contribution in [0.4, 0.5) is 11.4 Å². The molecule has 1 aliphatic rings. The summed E-state index contributed by atoms with van der Waals surface area (Å²) in [6.45, 7) is 2.72. The van der Waals surface area contributed by atoms with Gasteiger partial charge >= 0.3 is 0 Å². The Morgan fingerprint density at radius 3 is 2.95 bits per heavy atom. The van der Waals surface area contributed by atoms with E-state index in [4.69, 9.17) is 0 Å². The van der Waals surface area contributed by atoms with E-state index in [2.05, 4.69) is 15.0 Å². The first kappa shape index (κ1) is 13.9. The standard InChI is InChI=1S/C15H17N3O2S/c1-11-6-8-16-10-15(11)18-21(19,20)13-5-4-12-3-2-7-17-14(12)9-13/h4-6,8-10,17-18H,2-3,7H2,1H3. The molecule has 5 nitrogen and oxygen atoms in total. The molecule has 110 valence electrons. The Labute approximate surface area is 124 Å². The van der Waals surface area contributed by atoms with Gasteiger partial charge in [0.2, 0.25) is 0 Å². The van der Waals surface area contributed by atoms with Gasteiger partial charge in [-0.1, -0.05) is 6.07 Å². The fourth-order valence-electron chi connectivity index (χ4n) is 2.38. The number of nitrogens with zero attached hydrogens (tertiary/aromatic N) is 1. The molecule has 0 unspecified atom stereocenters. The highest BCUT2D eigenvalue weighted by Crippen LogP contribution is 2.26. The van der Waals surface area contributed by atoms with Gasteiger partial charge in [0.25, 0.3) is 10.0 Å². The first-order chi connectivity index (χ1) is 10.1. The van der Waals surface area contributed by atoms with Gasteiger partial charge in [0, 0.05) is 18.4 Å². The number of sulfonamides is 1. The third-order valence-electron chi connectivity index (χ3n) is 3.61. The smallest absolute Gasteiger partial charge is 0.262 e. The molecule has 3 rings (SSSR count).